The van der Waals surface area contributed by atoms with Gasteiger partial charge in [-0.1, -0.05) is 12.1 Å². The zero-order valence-corrected chi connectivity index (χ0v) is 9.86. The van der Waals surface area contributed by atoms with E-state index in [0.717, 1.165) is 19.5 Å². The molecule has 0 radical (unpaired) electrons. The first-order valence-corrected chi connectivity index (χ1v) is 5.93. The van der Waals surface area contributed by atoms with Crippen molar-refractivity contribution in [1.82, 2.24) is 0 Å². The van der Waals surface area contributed by atoms with Crippen molar-refractivity contribution < 1.29 is 4.74 Å². The Morgan fingerprint density at radius 3 is 3.12 bits per heavy atom. The lowest BCUT2D eigenvalue weighted by atomic mass is 10.2. The van der Waals surface area contributed by atoms with Crippen LogP contribution in [0.25, 0.3) is 0 Å². The highest BCUT2D eigenvalue weighted by Crippen LogP contribution is 2.22. The zero-order chi connectivity index (χ0) is 11.4. The van der Waals surface area contributed by atoms with Gasteiger partial charge in [-0.05, 0) is 31.0 Å². The Balaban J connectivity index is 1.93. The van der Waals surface area contributed by atoms with E-state index in [9.17, 15) is 0 Å². The number of aryl methyl sites for hydroxylation is 1. The Kier molecular flexibility index (Phi) is 3.80. The van der Waals surface area contributed by atoms with Gasteiger partial charge in [0, 0.05) is 25.3 Å². The maximum absolute atomic E-state index is 5.67. The van der Waals surface area contributed by atoms with Crippen LogP contribution in [0.2, 0.25) is 0 Å². The fourth-order valence-electron chi connectivity index (χ4n) is 2.16. The quantitative estimate of drug-likeness (QED) is 0.836. The second-order valence-electron chi connectivity index (χ2n) is 4.36. The van der Waals surface area contributed by atoms with Gasteiger partial charge in [0.05, 0.1) is 12.7 Å². The SMILES string of the molecule is Cc1cccc(N2CCC(OCCN)C2)c1. The van der Waals surface area contributed by atoms with Crippen LogP contribution >= 0.6 is 0 Å². The molecule has 0 saturated carbocycles. The summed E-state index contributed by atoms with van der Waals surface area (Å²) in [7, 11) is 0. The van der Waals surface area contributed by atoms with Crippen molar-refractivity contribution in [3.63, 3.8) is 0 Å². The smallest absolute Gasteiger partial charge is 0.0767 e. The Hall–Kier alpha value is -1.06. The standard InChI is InChI=1S/C13H20N2O/c1-11-3-2-4-12(9-11)15-7-5-13(10-15)16-8-6-14/h2-4,9,13H,5-8,10,14H2,1H3. The third-order valence-electron chi connectivity index (χ3n) is 2.98. The lowest BCUT2D eigenvalue weighted by molar-refractivity contribution is 0.0742. The molecular weight excluding hydrogens is 200 g/mol. The molecule has 2 N–H and O–H groups in total. The number of hydrogen-bond acceptors (Lipinski definition) is 3. The summed E-state index contributed by atoms with van der Waals surface area (Å²) in [5, 5.41) is 0. The minimum atomic E-state index is 0.351. The van der Waals surface area contributed by atoms with Gasteiger partial charge in [0.15, 0.2) is 0 Å². The van der Waals surface area contributed by atoms with E-state index in [2.05, 4.69) is 36.1 Å². The molecule has 1 fully saturated rings. The number of nitrogens with zero attached hydrogens (tertiary/aromatic N) is 1. The molecule has 1 aromatic rings. The van der Waals surface area contributed by atoms with E-state index in [-0.39, 0.29) is 0 Å². The van der Waals surface area contributed by atoms with Crippen LogP contribution in [0.4, 0.5) is 5.69 Å². The van der Waals surface area contributed by atoms with E-state index < -0.39 is 0 Å². The molecule has 0 aromatic heterocycles. The first-order valence-electron chi connectivity index (χ1n) is 5.93. The summed E-state index contributed by atoms with van der Waals surface area (Å²) >= 11 is 0. The van der Waals surface area contributed by atoms with E-state index >= 15 is 0 Å². The predicted octanol–water partition coefficient (Wildman–Crippen LogP) is 1.55. The molecule has 1 aliphatic heterocycles. The molecule has 2 rings (SSSR count). The van der Waals surface area contributed by atoms with Crippen molar-refractivity contribution in [2.75, 3.05) is 31.1 Å². The van der Waals surface area contributed by atoms with E-state index in [1.807, 2.05) is 0 Å². The van der Waals surface area contributed by atoms with E-state index in [4.69, 9.17) is 10.5 Å². The minimum absolute atomic E-state index is 0.351. The molecule has 0 bridgehead atoms. The fourth-order valence-corrected chi connectivity index (χ4v) is 2.16. The summed E-state index contributed by atoms with van der Waals surface area (Å²) in [6.45, 7) is 5.48. The van der Waals surface area contributed by atoms with Crippen LogP contribution in [-0.4, -0.2) is 32.3 Å². The van der Waals surface area contributed by atoms with Gasteiger partial charge >= 0.3 is 0 Å². The van der Waals surface area contributed by atoms with E-state index in [0.29, 0.717) is 19.3 Å². The van der Waals surface area contributed by atoms with Crippen LogP contribution in [0.1, 0.15) is 12.0 Å². The summed E-state index contributed by atoms with van der Waals surface area (Å²) in [5.74, 6) is 0. The van der Waals surface area contributed by atoms with Crippen molar-refractivity contribution in [3.8, 4) is 0 Å². The first kappa shape index (κ1) is 11.4. The zero-order valence-electron chi connectivity index (χ0n) is 9.86. The molecule has 0 spiro atoms. The molecule has 0 aliphatic carbocycles. The molecule has 88 valence electrons. The van der Waals surface area contributed by atoms with Gasteiger partial charge in [0.1, 0.15) is 0 Å². The number of rotatable bonds is 4. The molecule has 1 saturated heterocycles. The summed E-state index contributed by atoms with van der Waals surface area (Å²) in [5.41, 5.74) is 8.05. The number of hydrogen-bond donors (Lipinski definition) is 1. The number of ether oxygens (including phenoxy) is 1. The van der Waals surface area contributed by atoms with Gasteiger partial charge in [-0.3, -0.25) is 0 Å². The molecule has 3 heteroatoms. The molecule has 1 aliphatic rings. The van der Waals surface area contributed by atoms with Crippen LogP contribution in [-0.2, 0) is 4.74 Å². The second-order valence-corrected chi connectivity index (χ2v) is 4.36. The fraction of sp³-hybridized carbons (Fsp3) is 0.538. The third kappa shape index (κ3) is 2.74. The first-order chi connectivity index (χ1) is 7.79. The number of benzene rings is 1. The third-order valence-corrected chi connectivity index (χ3v) is 2.98. The maximum Gasteiger partial charge on any atom is 0.0767 e. The average molecular weight is 220 g/mol. The Labute approximate surface area is 97.2 Å². The van der Waals surface area contributed by atoms with Crippen LogP contribution in [0, 0.1) is 6.92 Å². The lowest BCUT2D eigenvalue weighted by Gasteiger charge is -2.19. The van der Waals surface area contributed by atoms with Gasteiger partial charge in [-0.15, -0.1) is 0 Å². The van der Waals surface area contributed by atoms with Crippen molar-refractivity contribution in [2.24, 2.45) is 5.73 Å². The molecule has 1 aromatic carbocycles. The Morgan fingerprint density at radius 2 is 2.38 bits per heavy atom. The molecule has 1 unspecified atom stereocenters. The molecule has 3 nitrogen and oxygen atoms in total. The molecule has 1 heterocycles. The molecule has 16 heavy (non-hydrogen) atoms. The number of nitrogens with two attached hydrogens (primary N) is 1. The van der Waals surface area contributed by atoms with Crippen molar-refractivity contribution >= 4 is 5.69 Å². The summed E-state index contributed by atoms with van der Waals surface area (Å²) in [6.07, 6.45) is 1.46. The van der Waals surface area contributed by atoms with E-state index in [1.165, 1.54) is 11.3 Å². The number of anilines is 1. The maximum atomic E-state index is 5.67. The highest BCUT2D eigenvalue weighted by Gasteiger charge is 2.22. The highest BCUT2D eigenvalue weighted by atomic mass is 16.5. The highest BCUT2D eigenvalue weighted by molar-refractivity contribution is 5.49. The normalized spacial score (nSPS) is 20.4. The van der Waals surface area contributed by atoms with Gasteiger partial charge < -0.3 is 15.4 Å². The van der Waals surface area contributed by atoms with Crippen molar-refractivity contribution in [1.29, 1.82) is 0 Å². The Bertz CT molecular complexity index is 340. The van der Waals surface area contributed by atoms with Gasteiger partial charge in [-0.2, -0.15) is 0 Å². The summed E-state index contributed by atoms with van der Waals surface area (Å²) < 4.78 is 5.67. The van der Waals surface area contributed by atoms with Crippen LogP contribution < -0.4 is 10.6 Å². The van der Waals surface area contributed by atoms with Crippen molar-refractivity contribution in [3.05, 3.63) is 29.8 Å². The largest absolute Gasteiger partial charge is 0.375 e. The van der Waals surface area contributed by atoms with Crippen molar-refractivity contribution in [2.45, 2.75) is 19.4 Å². The lowest BCUT2D eigenvalue weighted by Crippen LogP contribution is -2.24. The van der Waals surface area contributed by atoms with Gasteiger partial charge in [-0.25, -0.2) is 0 Å². The molecule has 1 atom stereocenters. The van der Waals surface area contributed by atoms with Gasteiger partial charge in [0.25, 0.3) is 0 Å². The van der Waals surface area contributed by atoms with Gasteiger partial charge in [0.2, 0.25) is 0 Å². The van der Waals surface area contributed by atoms with E-state index in [1.54, 1.807) is 0 Å². The summed E-state index contributed by atoms with van der Waals surface area (Å²) in [4.78, 5) is 2.38. The summed E-state index contributed by atoms with van der Waals surface area (Å²) in [6, 6.07) is 8.63. The predicted molar refractivity (Wildman–Crippen MR) is 66.8 cm³/mol. The minimum Gasteiger partial charge on any atom is -0.375 e. The molecule has 0 amide bonds. The Morgan fingerprint density at radius 1 is 1.50 bits per heavy atom. The van der Waals surface area contributed by atoms with Crippen LogP contribution in [0.3, 0.4) is 0 Å². The van der Waals surface area contributed by atoms with Crippen LogP contribution in [0.15, 0.2) is 24.3 Å². The second kappa shape index (κ2) is 5.32. The topological polar surface area (TPSA) is 38.5 Å². The average Bonchev–Trinajstić information content (AvgIpc) is 2.75. The monoisotopic (exact) mass is 220 g/mol. The van der Waals surface area contributed by atoms with Crippen LogP contribution in [0.5, 0.6) is 0 Å². The molecular formula is C13H20N2O.